The third-order valence-electron chi connectivity index (χ3n) is 1.67. The molecule has 0 bridgehead atoms. The highest BCUT2D eigenvalue weighted by atomic mass is 32.1. The molecule has 88 valence electrons. The molecule has 1 aromatic rings. The van der Waals surface area contributed by atoms with Gasteiger partial charge >= 0.3 is 5.97 Å². The van der Waals surface area contributed by atoms with Crippen LogP contribution in [0.3, 0.4) is 0 Å². The van der Waals surface area contributed by atoms with Crippen LogP contribution in [-0.2, 0) is 11.3 Å². The van der Waals surface area contributed by atoms with Crippen molar-refractivity contribution in [3.05, 3.63) is 16.1 Å². The second kappa shape index (κ2) is 5.57. The summed E-state index contributed by atoms with van der Waals surface area (Å²) in [4.78, 5) is 27.4. The van der Waals surface area contributed by atoms with Gasteiger partial charge in [-0.1, -0.05) is 0 Å². The van der Waals surface area contributed by atoms with Crippen molar-refractivity contribution in [2.45, 2.75) is 6.54 Å². The fourth-order valence-corrected chi connectivity index (χ4v) is 1.72. The number of aromatic nitrogens is 1. The van der Waals surface area contributed by atoms with Crippen molar-refractivity contribution in [2.75, 3.05) is 20.6 Å². The van der Waals surface area contributed by atoms with Crippen molar-refractivity contribution in [1.29, 1.82) is 0 Å². The fourth-order valence-electron chi connectivity index (χ4n) is 1.01. The zero-order valence-corrected chi connectivity index (χ0v) is 9.87. The summed E-state index contributed by atoms with van der Waals surface area (Å²) in [6.07, 6.45) is 0. The van der Waals surface area contributed by atoms with Gasteiger partial charge in [0.15, 0.2) is 5.69 Å². The van der Waals surface area contributed by atoms with Crippen LogP contribution >= 0.6 is 11.3 Å². The van der Waals surface area contributed by atoms with Crippen LogP contribution in [0.1, 0.15) is 15.5 Å². The number of carbonyl (C=O) groups excluding carboxylic acids is 1. The molecule has 16 heavy (non-hydrogen) atoms. The second-order valence-electron chi connectivity index (χ2n) is 3.45. The number of amides is 1. The number of thiazole rings is 1. The summed E-state index contributed by atoms with van der Waals surface area (Å²) >= 11 is 1.22. The molecule has 1 aromatic heterocycles. The highest BCUT2D eigenvalue weighted by Gasteiger charge is 2.09. The first-order valence-electron chi connectivity index (χ1n) is 4.58. The van der Waals surface area contributed by atoms with E-state index in [0.29, 0.717) is 11.6 Å². The molecule has 0 spiro atoms. The van der Waals surface area contributed by atoms with Gasteiger partial charge in [-0.25, -0.2) is 9.78 Å². The van der Waals surface area contributed by atoms with Gasteiger partial charge in [0.05, 0.1) is 13.1 Å². The van der Waals surface area contributed by atoms with E-state index in [1.54, 1.807) is 19.0 Å². The molecule has 0 aliphatic heterocycles. The molecule has 2 N–H and O–H groups in total. The predicted molar refractivity (Wildman–Crippen MR) is 59.5 cm³/mol. The Morgan fingerprint density at radius 3 is 2.75 bits per heavy atom. The summed E-state index contributed by atoms with van der Waals surface area (Å²) in [5, 5.41) is 13.3. The van der Waals surface area contributed by atoms with Crippen LogP contribution < -0.4 is 5.32 Å². The first-order chi connectivity index (χ1) is 7.49. The van der Waals surface area contributed by atoms with Crippen LogP contribution in [0.15, 0.2) is 5.38 Å². The molecule has 7 heteroatoms. The van der Waals surface area contributed by atoms with Crippen molar-refractivity contribution in [2.24, 2.45) is 0 Å². The average molecular weight is 243 g/mol. The number of hydrogen-bond acceptors (Lipinski definition) is 5. The van der Waals surface area contributed by atoms with Crippen LogP contribution in [-0.4, -0.2) is 47.5 Å². The second-order valence-corrected chi connectivity index (χ2v) is 4.39. The summed E-state index contributed by atoms with van der Waals surface area (Å²) in [6.45, 7) is 0.571. The minimum Gasteiger partial charge on any atom is -0.476 e. The van der Waals surface area contributed by atoms with E-state index in [1.807, 2.05) is 0 Å². The molecule has 1 amide bonds. The van der Waals surface area contributed by atoms with E-state index in [1.165, 1.54) is 16.7 Å². The van der Waals surface area contributed by atoms with E-state index < -0.39 is 5.97 Å². The third-order valence-corrected chi connectivity index (χ3v) is 2.52. The monoisotopic (exact) mass is 243 g/mol. The molecular weight excluding hydrogens is 230 g/mol. The molecule has 0 radical (unpaired) electrons. The third kappa shape index (κ3) is 3.95. The van der Waals surface area contributed by atoms with Crippen LogP contribution in [0.5, 0.6) is 0 Å². The van der Waals surface area contributed by atoms with Gasteiger partial charge in [0.1, 0.15) is 5.01 Å². The van der Waals surface area contributed by atoms with E-state index in [0.717, 1.165) is 0 Å². The maximum absolute atomic E-state index is 11.3. The SMILES string of the molecule is CN(C)CC(=O)NCc1nc(C(=O)O)cs1. The molecule has 1 heterocycles. The van der Waals surface area contributed by atoms with Crippen LogP contribution in [0.25, 0.3) is 0 Å². The smallest absolute Gasteiger partial charge is 0.355 e. The van der Waals surface area contributed by atoms with Gasteiger partial charge < -0.3 is 15.3 Å². The molecule has 0 atom stereocenters. The molecule has 0 fully saturated rings. The molecule has 6 nitrogen and oxygen atoms in total. The Labute approximate surface area is 96.9 Å². The first kappa shape index (κ1) is 12.6. The lowest BCUT2D eigenvalue weighted by Crippen LogP contribution is -2.32. The molecular formula is C9H13N3O3S. The molecule has 0 saturated heterocycles. The summed E-state index contributed by atoms with van der Waals surface area (Å²) in [6, 6.07) is 0. The normalized spacial score (nSPS) is 10.4. The highest BCUT2D eigenvalue weighted by molar-refractivity contribution is 7.09. The number of hydrogen-bond donors (Lipinski definition) is 2. The molecule has 0 saturated carbocycles. The van der Waals surface area contributed by atoms with Gasteiger partial charge in [0.2, 0.25) is 5.91 Å². The average Bonchev–Trinajstić information content (AvgIpc) is 2.61. The van der Waals surface area contributed by atoms with Crippen molar-refractivity contribution in [3.63, 3.8) is 0 Å². The van der Waals surface area contributed by atoms with Crippen LogP contribution in [0.4, 0.5) is 0 Å². The molecule has 1 rings (SSSR count). The predicted octanol–water partition coefficient (Wildman–Crippen LogP) is 0.0191. The summed E-state index contributed by atoms with van der Waals surface area (Å²) in [5.74, 6) is -1.17. The van der Waals surface area contributed by atoms with E-state index in [9.17, 15) is 9.59 Å². The zero-order chi connectivity index (χ0) is 12.1. The number of carboxylic acids is 1. The Kier molecular flexibility index (Phi) is 4.39. The van der Waals surface area contributed by atoms with Crippen LogP contribution in [0.2, 0.25) is 0 Å². The van der Waals surface area contributed by atoms with E-state index in [-0.39, 0.29) is 18.1 Å². The Bertz CT molecular complexity index is 389. The number of rotatable bonds is 5. The lowest BCUT2D eigenvalue weighted by atomic mass is 10.5. The van der Waals surface area contributed by atoms with E-state index in [2.05, 4.69) is 10.3 Å². The Morgan fingerprint density at radius 1 is 1.56 bits per heavy atom. The molecule has 0 unspecified atom stereocenters. The van der Waals surface area contributed by atoms with Gasteiger partial charge in [0.25, 0.3) is 0 Å². The van der Waals surface area contributed by atoms with E-state index in [4.69, 9.17) is 5.11 Å². The summed E-state index contributed by atoms with van der Waals surface area (Å²) in [7, 11) is 3.59. The van der Waals surface area contributed by atoms with Crippen LogP contribution in [0, 0.1) is 0 Å². The van der Waals surface area contributed by atoms with Crippen molar-refractivity contribution in [3.8, 4) is 0 Å². The van der Waals surface area contributed by atoms with Crippen molar-refractivity contribution >= 4 is 23.2 Å². The lowest BCUT2D eigenvalue weighted by molar-refractivity contribution is -0.121. The number of carboxylic acid groups (broad SMARTS) is 1. The van der Waals surface area contributed by atoms with Gasteiger partial charge in [-0.3, -0.25) is 4.79 Å². The summed E-state index contributed by atoms with van der Waals surface area (Å²) in [5.41, 5.74) is 0.0156. The van der Waals surface area contributed by atoms with Gasteiger partial charge in [-0.2, -0.15) is 0 Å². The van der Waals surface area contributed by atoms with Crippen molar-refractivity contribution < 1.29 is 14.7 Å². The fraction of sp³-hybridized carbons (Fsp3) is 0.444. The first-order valence-corrected chi connectivity index (χ1v) is 5.46. The number of carbonyl (C=O) groups is 2. The Hall–Kier alpha value is -1.47. The standard InChI is InChI=1S/C9H13N3O3S/c1-12(2)4-7(13)10-3-8-11-6(5-16-8)9(14)15/h5H,3-4H2,1-2H3,(H,10,13)(H,14,15). The Morgan fingerprint density at radius 2 is 2.25 bits per heavy atom. The van der Waals surface area contributed by atoms with Gasteiger partial charge in [-0.15, -0.1) is 11.3 Å². The minimum absolute atomic E-state index is 0.0156. The highest BCUT2D eigenvalue weighted by Crippen LogP contribution is 2.09. The van der Waals surface area contributed by atoms with Gasteiger partial charge in [0, 0.05) is 5.38 Å². The number of nitrogens with zero attached hydrogens (tertiary/aromatic N) is 2. The maximum atomic E-state index is 11.3. The number of aromatic carboxylic acids is 1. The molecule has 0 aliphatic rings. The number of nitrogens with one attached hydrogen (secondary N) is 1. The zero-order valence-electron chi connectivity index (χ0n) is 9.06. The maximum Gasteiger partial charge on any atom is 0.355 e. The number of likely N-dealkylation sites (N-methyl/N-ethyl adjacent to an activating group) is 1. The Balaban J connectivity index is 2.42. The topological polar surface area (TPSA) is 82.5 Å². The lowest BCUT2D eigenvalue weighted by Gasteiger charge is -2.08. The molecule has 0 aromatic carbocycles. The largest absolute Gasteiger partial charge is 0.476 e. The minimum atomic E-state index is -1.05. The molecule has 0 aliphatic carbocycles. The quantitative estimate of drug-likeness (QED) is 0.761. The summed E-state index contributed by atoms with van der Waals surface area (Å²) < 4.78 is 0. The van der Waals surface area contributed by atoms with Crippen molar-refractivity contribution in [1.82, 2.24) is 15.2 Å². The van der Waals surface area contributed by atoms with E-state index >= 15 is 0 Å². The van der Waals surface area contributed by atoms with Gasteiger partial charge in [-0.05, 0) is 14.1 Å².